The molecule has 0 saturated carbocycles. The Morgan fingerprint density at radius 2 is 2.00 bits per heavy atom. The van der Waals surface area contributed by atoms with Crippen LogP contribution in [0.25, 0.3) is 0 Å². The number of rotatable bonds is 5. The minimum Gasteiger partial charge on any atom is -0.508 e. The van der Waals surface area contributed by atoms with Crippen molar-refractivity contribution in [1.29, 1.82) is 0 Å². The van der Waals surface area contributed by atoms with Crippen LogP contribution < -0.4 is 0 Å². The van der Waals surface area contributed by atoms with Gasteiger partial charge in [-0.25, -0.2) is 4.79 Å². The van der Waals surface area contributed by atoms with E-state index in [1.807, 2.05) is 0 Å². The largest absolute Gasteiger partial charge is 0.508 e. The van der Waals surface area contributed by atoms with Gasteiger partial charge in [-0.2, -0.15) is 0 Å². The minimum atomic E-state index is -1.84. The van der Waals surface area contributed by atoms with E-state index >= 15 is 0 Å². The molecule has 0 aliphatic heterocycles. The highest BCUT2D eigenvalue weighted by Crippen LogP contribution is 2.26. The Bertz CT molecular complexity index is 443. The maximum absolute atomic E-state index is 11.6. The Morgan fingerprint density at radius 3 is 2.53 bits per heavy atom. The first-order valence-corrected chi connectivity index (χ1v) is 5.92. The summed E-state index contributed by atoms with van der Waals surface area (Å²) in [6.07, 6.45) is -1.58. The van der Waals surface area contributed by atoms with Gasteiger partial charge in [0.15, 0.2) is 11.9 Å². The molecule has 0 saturated heterocycles. The smallest absolute Gasteiger partial charge is 0.337 e. The Balaban J connectivity index is 3.10. The van der Waals surface area contributed by atoms with Crippen molar-refractivity contribution in [2.24, 2.45) is 0 Å². The van der Waals surface area contributed by atoms with E-state index in [4.69, 9.17) is 5.11 Å². The first kappa shape index (κ1) is 13.7. The van der Waals surface area contributed by atoms with Crippen LogP contribution in [-0.4, -0.2) is 32.4 Å². The fraction of sp³-hybridized carbons (Fsp3) is 0.273. The summed E-state index contributed by atoms with van der Waals surface area (Å²) in [6.45, 7) is 0. The predicted octanol–water partition coefficient (Wildman–Crippen LogP) is 1.48. The molecule has 1 aromatic carbocycles. The molecule has 17 heavy (non-hydrogen) atoms. The van der Waals surface area contributed by atoms with E-state index < -0.39 is 12.1 Å². The van der Waals surface area contributed by atoms with Gasteiger partial charge in [-0.3, -0.25) is 4.79 Å². The lowest BCUT2D eigenvalue weighted by Gasteiger charge is -2.09. The van der Waals surface area contributed by atoms with E-state index in [1.165, 1.54) is 18.2 Å². The second-order valence-electron chi connectivity index (χ2n) is 3.38. The molecule has 0 radical (unpaired) electrons. The van der Waals surface area contributed by atoms with Crippen LogP contribution in [0.3, 0.4) is 0 Å². The molecule has 0 spiro atoms. The van der Waals surface area contributed by atoms with Crippen LogP contribution in [0.1, 0.15) is 28.4 Å². The van der Waals surface area contributed by atoms with Crippen LogP contribution in [0.5, 0.6) is 5.75 Å². The lowest BCUT2D eigenvalue weighted by atomic mass is 10.0. The van der Waals surface area contributed by atoms with E-state index in [0.29, 0.717) is 5.33 Å². The molecule has 0 aromatic heterocycles. The van der Waals surface area contributed by atoms with E-state index in [9.17, 15) is 19.8 Å². The van der Waals surface area contributed by atoms with Crippen molar-refractivity contribution in [2.45, 2.75) is 12.5 Å². The average Bonchev–Trinajstić information content (AvgIpc) is 2.28. The van der Waals surface area contributed by atoms with Crippen molar-refractivity contribution < 1.29 is 24.9 Å². The third kappa shape index (κ3) is 3.28. The quantitative estimate of drug-likeness (QED) is 0.566. The number of carboxylic acids is 1. The molecule has 0 aliphatic carbocycles. The van der Waals surface area contributed by atoms with Crippen molar-refractivity contribution in [3.63, 3.8) is 0 Å². The first-order valence-electron chi connectivity index (χ1n) is 4.80. The summed E-state index contributed by atoms with van der Waals surface area (Å²) in [6, 6.07) is 3.78. The van der Waals surface area contributed by atoms with Gasteiger partial charge in [0.2, 0.25) is 0 Å². The Kier molecular flexibility index (Phi) is 4.65. The number of phenols is 1. The summed E-state index contributed by atoms with van der Waals surface area (Å²) in [5.41, 5.74) is 0.0791. The first-order chi connectivity index (χ1) is 7.97. The number of alkyl halides is 1. The molecule has 6 heteroatoms. The number of hydrogen-bond donors (Lipinski definition) is 3. The van der Waals surface area contributed by atoms with Crippen molar-refractivity contribution in [2.75, 3.05) is 5.33 Å². The molecule has 1 unspecified atom stereocenters. The van der Waals surface area contributed by atoms with Gasteiger partial charge in [0.25, 0.3) is 0 Å². The maximum Gasteiger partial charge on any atom is 0.337 e. The highest BCUT2D eigenvalue weighted by molar-refractivity contribution is 9.09. The molecule has 0 aliphatic rings. The van der Waals surface area contributed by atoms with E-state index in [1.54, 1.807) is 0 Å². The summed E-state index contributed by atoms with van der Waals surface area (Å²) < 4.78 is 0. The second kappa shape index (κ2) is 5.79. The molecule has 0 amide bonds. The number of carbonyl (C=O) groups excluding carboxylic acids is 1. The topological polar surface area (TPSA) is 94.8 Å². The lowest BCUT2D eigenvalue weighted by molar-refractivity contribution is -0.147. The number of aliphatic carboxylic acids is 1. The highest BCUT2D eigenvalue weighted by atomic mass is 79.9. The Labute approximate surface area is 106 Å². The van der Waals surface area contributed by atoms with Gasteiger partial charge in [0.1, 0.15) is 5.75 Å². The fourth-order valence-corrected chi connectivity index (χ4v) is 1.67. The molecule has 1 aromatic rings. The summed E-state index contributed by atoms with van der Waals surface area (Å²) in [5.74, 6) is -2.03. The van der Waals surface area contributed by atoms with Crippen molar-refractivity contribution in [1.82, 2.24) is 0 Å². The van der Waals surface area contributed by atoms with Gasteiger partial charge < -0.3 is 15.3 Å². The van der Waals surface area contributed by atoms with E-state index in [2.05, 4.69) is 15.9 Å². The van der Waals surface area contributed by atoms with Crippen LogP contribution in [0, 0.1) is 0 Å². The number of benzene rings is 1. The summed E-state index contributed by atoms with van der Waals surface area (Å²) in [7, 11) is 0. The number of phenolic OH excluding ortho intramolecular Hbond substituents is 1. The van der Waals surface area contributed by atoms with Gasteiger partial charge in [-0.15, -0.1) is 0 Å². The molecule has 3 N–H and O–H groups in total. The Morgan fingerprint density at radius 1 is 1.35 bits per heavy atom. The molecule has 1 atom stereocenters. The standard InChI is InChI=1S/C11H11BrO5/c12-4-3-8(13)6-1-2-9(14)7(5-6)10(15)11(16)17/h1-2,5,10,14-15H,3-4H2,(H,16,17). The molecular weight excluding hydrogens is 292 g/mol. The predicted molar refractivity (Wildman–Crippen MR) is 63.4 cm³/mol. The minimum absolute atomic E-state index is 0.182. The molecule has 1 rings (SSSR count). The van der Waals surface area contributed by atoms with Gasteiger partial charge in [-0.05, 0) is 18.2 Å². The number of halogens is 1. The van der Waals surface area contributed by atoms with Gasteiger partial charge in [0, 0.05) is 22.9 Å². The van der Waals surface area contributed by atoms with Crippen LogP contribution in [0.2, 0.25) is 0 Å². The van der Waals surface area contributed by atoms with Crippen molar-refractivity contribution in [3.05, 3.63) is 29.3 Å². The molecule has 5 nitrogen and oxygen atoms in total. The zero-order valence-corrected chi connectivity index (χ0v) is 10.3. The zero-order chi connectivity index (χ0) is 13.0. The molecule has 0 fully saturated rings. The number of Topliss-reactive ketones (excluding diaryl/α,β-unsaturated/α-hetero) is 1. The molecule has 0 bridgehead atoms. The van der Waals surface area contributed by atoms with Gasteiger partial charge >= 0.3 is 5.97 Å². The summed E-state index contributed by atoms with van der Waals surface area (Å²) in [5, 5.41) is 27.9. The monoisotopic (exact) mass is 302 g/mol. The highest BCUT2D eigenvalue weighted by Gasteiger charge is 2.21. The van der Waals surface area contributed by atoms with Crippen molar-refractivity contribution >= 4 is 27.7 Å². The van der Waals surface area contributed by atoms with Crippen LogP contribution in [0.15, 0.2) is 18.2 Å². The third-order valence-electron chi connectivity index (χ3n) is 2.20. The number of carbonyl (C=O) groups is 2. The Hall–Kier alpha value is -1.40. The number of aliphatic hydroxyl groups excluding tert-OH is 1. The molecule has 92 valence electrons. The van der Waals surface area contributed by atoms with Crippen LogP contribution >= 0.6 is 15.9 Å². The normalized spacial score (nSPS) is 12.1. The molecular formula is C11H11BrO5. The number of aliphatic hydroxyl groups is 1. The van der Waals surface area contributed by atoms with Gasteiger partial charge in [0.05, 0.1) is 0 Å². The number of aromatic hydroxyl groups is 1. The van der Waals surface area contributed by atoms with Crippen LogP contribution in [0.4, 0.5) is 0 Å². The zero-order valence-electron chi connectivity index (χ0n) is 8.76. The number of hydrogen-bond acceptors (Lipinski definition) is 4. The number of ketones is 1. The fourth-order valence-electron chi connectivity index (χ4n) is 1.31. The summed E-state index contributed by atoms with van der Waals surface area (Å²) >= 11 is 3.12. The van der Waals surface area contributed by atoms with Crippen molar-refractivity contribution in [3.8, 4) is 5.75 Å². The lowest BCUT2D eigenvalue weighted by Crippen LogP contribution is -2.11. The van der Waals surface area contributed by atoms with E-state index in [0.717, 1.165) is 0 Å². The molecule has 0 heterocycles. The third-order valence-corrected chi connectivity index (χ3v) is 2.60. The van der Waals surface area contributed by atoms with E-state index in [-0.39, 0.29) is 29.1 Å². The maximum atomic E-state index is 11.6. The van der Waals surface area contributed by atoms with Crippen LogP contribution in [-0.2, 0) is 4.79 Å². The summed E-state index contributed by atoms with van der Waals surface area (Å²) in [4.78, 5) is 22.2. The van der Waals surface area contributed by atoms with Gasteiger partial charge in [-0.1, -0.05) is 15.9 Å². The second-order valence-corrected chi connectivity index (χ2v) is 4.17. The average molecular weight is 303 g/mol. The number of carboxylic acid groups (broad SMARTS) is 1. The SMILES string of the molecule is O=C(CCBr)c1ccc(O)c(C(O)C(=O)O)c1.